The summed E-state index contributed by atoms with van der Waals surface area (Å²) in [4.78, 5) is 12.4. The lowest BCUT2D eigenvalue weighted by Gasteiger charge is -2.31. The fourth-order valence-electron chi connectivity index (χ4n) is 3.17. The second-order valence-corrected chi connectivity index (χ2v) is 7.91. The number of hydrogen-bond acceptors (Lipinski definition) is 3. The topological polar surface area (TPSA) is 40.5 Å². The zero-order valence-electron chi connectivity index (χ0n) is 14.4. The number of guanidine groups is 1. The van der Waals surface area contributed by atoms with Crippen LogP contribution in [0.25, 0.3) is 0 Å². The molecule has 1 aromatic rings. The molecule has 4 nitrogen and oxygen atoms in total. The van der Waals surface area contributed by atoms with Crippen LogP contribution >= 0.6 is 11.3 Å². The van der Waals surface area contributed by atoms with Gasteiger partial charge in [-0.3, -0.25) is 4.99 Å². The molecule has 0 unspecified atom stereocenters. The van der Waals surface area contributed by atoms with Gasteiger partial charge in [-0.25, -0.2) is 4.98 Å². The minimum absolute atomic E-state index is 0.821. The van der Waals surface area contributed by atoms with E-state index in [1.807, 2.05) is 13.2 Å². The number of nitrogens with zero attached hydrogens (tertiary/aromatic N) is 3. The fraction of sp³-hybridized carbons (Fsp3) is 0.765. The van der Waals surface area contributed by atoms with Crippen molar-refractivity contribution >= 4 is 17.3 Å². The summed E-state index contributed by atoms with van der Waals surface area (Å²) in [6.45, 7) is 6.49. The highest BCUT2D eigenvalue weighted by Gasteiger charge is 2.20. The van der Waals surface area contributed by atoms with E-state index in [0.29, 0.717) is 0 Å². The zero-order valence-corrected chi connectivity index (χ0v) is 15.2. The summed E-state index contributed by atoms with van der Waals surface area (Å²) in [5, 5.41) is 4.67. The molecule has 1 aromatic heterocycles. The number of aryl methyl sites for hydroxylation is 1. The molecule has 22 heavy (non-hydrogen) atoms. The van der Waals surface area contributed by atoms with Gasteiger partial charge in [0, 0.05) is 44.7 Å². The van der Waals surface area contributed by atoms with Crippen LogP contribution in [0.15, 0.2) is 11.2 Å². The Kier molecular flexibility index (Phi) is 6.68. The molecule has 1 aliphatic rings. The molecule has 0 bridgehead atoms. The molecule has 0 atom stereocenters. The van der Waals surface area contributed by atoms with E-state index in [4.69, 9.17) is 0 Å². The highest BCUT2D eigenvalue weighted by molar-refractivity contribution is 7.11. The number of aromatic nitrogens is 1. The first-order valence-corrected chi connectivity index (χ1v) is 9.23. The van der Waals surface area contributed by atoms with E-state index in [1.165, 1.54) is 35.6 Å². The number of hydrogen-bond donors (Lipinski definition) is 1. The van der Waals surface area contributed by atoms with Crippen molar-refractivity contribution in [3.05, 3.63) is 16.1 Å². The zero-order chi connectivity index (χ0) is 15.9. The second-order valence-electron chi connectivity index (χ2n) is 6.60. The Morgan fingerprint density at radius 1 is 1.41 bits per heavy atom. The van der Waals surface area contributed by atoms with Gasteiger partial charge in [0.05, 0.1) is 5.01 Å². The molecule has 1 aliphatic carbocycles. The average Bonchev–Trinajstić information content (AvgIpc) is 2.91. The van der Waals surface area contributed by atoms with Gasteiger partial charge in [-0.2, -0.15) is 0 Å². The molecule has 1 fully saturated rings. The smallest absolute Gasteiger partial charge is 0.193 e. The Morgan fingerprint density at radius 2 is 2.14 bits per heavy atom. The van der Waals surface area contributed by atoms with Crippen molar-refractivity contribution in [2.24, 2.45) is 16.8 Å². The number of nitrogens with one attached hydrogen (secondary N) is 1. The highest BCUT2D eigenvalue weighted by Crippen LogP contribution is 2.28. The fourth-order valence-corrected chi connectivity index (χ4v) is 3.96. The van der Waals surface area contributed by atoms with Crippen molar-refractivity contribution < 1.29 is 0 Å². The number of thiazole rings is 1. The number of aliphatic imine (C=N–C) groups is 1. The minimum atomic E-state index is 0.821. The first kappa shape index (κ1) is 17.3. The summed E-state index contributed by atoms with van der Waals surface area (Å²) in [5.41, 5.74) is 0. The molecule has 0 aromatic carbocycles. The van der Waals surface area contributed by atoms with Crippen molar-refractivity contribution in [3.63, 3.8) is 0 Å². The molecule has 0 aliphatic heterocycles. The normalized spacial score (nSPS) is 22.6. The maximum absolute atomic E-state index is 4.42. The molecule has 2 rings (SSSR count). The summed E-state index contributed by atoms with van der Waals surface area (Å²) in [6, 6.07) is 0. The van der Waals surface area contributed by atoms with Gasteiger partial charge in [0.2, 0.25) is 0 Å². The van der Waals surface area contributed by atoms with Crippen molar-refractivity contribution in [3.8, 4) is 0 Å². The first-order chi connectivity index (χ1) is 10.6. The Bertz CT molecular complexity index is 475. The van der Waals surface area contributed by atoms with Crippen LogP contribution in [-0.4, -0.2) is 43.0 Å². The maximum Gasteiger partial charge on any atom is 0.193 e. The van der Waals surface area contributed by atoms with E-state index >= 15 is 0 Å². The van der Waals surface area contributed by atoms with Crippen LogP contribution in [-0.2, 0) is 6.42 Å². The molecular weight excluding hydrogens is 292 g/mol. The van der Waals surface area contributed by atoms with Crippen LogP contribution in [0.3, 0.4) is 0 Å². The molecule has 124 valence electrons. The molecule has 1 heterocycles. The van der Waals surface area contributed by atoms with E-state index in [-0.39, 0.29) is 0 Å². The van der Waals surface area contributed by atoms with Gasteiger partial charge >= 0.3 is 0 Å². The Hall–Kier alpha value is -1.10. The number of rotatable bonds is 5. The molecule has 1 saturated carbocycles. The van der Waals surface area contributed by atoms with Crippen LogP contribution in [0.5, 0.6) is 0 Å². The molecule has 0 spiro atoms. The van der Waals surface area contributed by atoms with Crippen LogP contribution in [0.4, 0.5) is 0 Å². The van der Waals surface area contributed by atoms with Gasteiger partial charge in [0.1, 0.15) is 0 Å². The minimum Gasteiger partial charge on any atom is -0.356 e. The quantitative estimate of drug-likeness (QED) is 0.668. The van der Waals surface area contributed by atoms with Gasteiger partial charge in [0.15, 0.2) is 5.96 Å². The monoisotopic (exact) mass is 322 g/mol. The van der Waals surface area contributed by atoms with E-state index in [9.17, 15) is 0 Å². The van der Waals surface area contributed by atoms with Gasteiger partial charge in [0.25, 0.3) is 0 Å². The largest absolute Gasteiger partial charge is 0.356 e. The van der Waals surface area contributed by atoms with Crippen molar-refractivity contribution in [1.82, 2.24) is 15.2 Å². The third-order valence-corrected chi connectivity index (χ3v) is 5.50. The predicted molar refractivity (Wildman–Crippen MR) is 95.7 cm³/mol. The van der Waals surface area contributed by atoms with Gasteiger partial charge < -0.3 is 10.2 Å². The molecule has 0 radical (unpaired) electrons. The Balaban J connectivity index is 1.73. The van der Waals surface area contributed by atoms with Crippen LogP contribution in [0.2, 0.25) is 0 Å². The van der Waals surface area contributed by atoms with Crippen LogP contribution < -0.4 is 5.32 Å². The second kappa shape index (κ2) is 8.51. The lowest BCUT2D eigenvalue weighted by Crippen LogP contribution is -2.42. The summed E-state index contributed by atoms with van der Waals surface area (Å²) in [5.74, 6) is 2.74. The van der Waals surface area contributed by atoms with E-state index in [2.05, 4.69) is 41.1 Å². The van der Waals surface area contributed by atoms with Crippen molar-refractivity contribution in [2.75, 3.05) is 27.2 Å². The van der Waals surface area contributed by atoms with Crippen molar-refractivity contribution in [2.45, 2.75) is 46.0 Å². The standard InChI is InChI=1S/C17H30N4S/c1-13-5-7-15(8-6-13)12-21(4)17(18-3)19-10-9-16-20-11-14(2)22-16/h11,13,15H,5-10,12H2,1-4H3,(H,18,19). The van der Waals surface area contributed by atoms with E-state index in [1.54, 1.807) is 11.3 Å². The molecule has 1 N–H and O–H groups in total. The lowest BCUT2D eigenvalue weighted by molar-refractivity contribution is 0.250. The van der Waals surface area contributed by atoms with Crippen LogP contribution in [0.1, 0.15) is 42.5 Å². The highest BCUT2D eigenvalue weighted by atomic mass is 32.1. The first-order valence-electron chi connectivity index (χ1n) is 8.41. The molecule has 5 heteroatoms. The SMILES string of the molecule is CN=C(NCCc1ncc(C)s1)N(C)CC1CCC(C)CC1. The summed E-state index contributed by atoms with van der Waals surface area (Å²) >= 11 is 1.78. The molecule has 0 saturated heterocycles. The third-order valence-electron chi connectivity index (χ3n) is 4.53. The third kappa shape index (κ3) is 5.27. The van der Waals surface area contributed by atoms with Crippen LogP contribution in [0, 0.1) is 18.8 Å². The van der Waals surface area contributed by atoms with Gasteiger partial charge in [-0.15, -0.1) is 11.3 Å². The summed E-state index contributed by atoms with van der Waals surface area (Å²) in [7, 11) is 4.02. The lowest BCUT2D eigenvalue weighted by atomic mass is 9.83. The molecular formula is C17H30N4S. The average molecular weight is 323 g/mol. The molecule has 0 amide bonds. The summed E-state index contributed by atoms with van der Waals surface area (Å²) < 4.78 is 0. The Labute approximate surface area is 139 Å². The van der Waals surface area contributed by atoms with E-state index in [0.717, 1.165) is 37.3 Å². The van der Waals surface area contributed by atoms with E-state index < -0.39 is 0 Å². The van der Waals surface area contributed by atoms with Gasteiger partial charge in [-0.05, 0) is 31.6 Å². The summed E-state index contributed by atoms with van der Waals surface area (Å²) in [6.07, 6.45) is 8.40. The Morgan fingerprint density at radius 3 is 2.73 bits per heavy atom. The van der Waals surface area contributed by atoms with Gasteiger partial charge in [-0.1, -0.05) is 19.8 Å². The van der Waals surface area contributed by atoms with Crippen molar-refractivity contribution in [1.29, 1.82) is 0 Å². The predicted octanol–water partition coefficient (Wildman–Crippen LogP) is 3.33. The maximum atomic E-state index is 4.42.